The van der Waals surface area contributed by atoms with E-state index < -0.39 is 11.5 Å². The van der Waals surface area contributed by atoms with E-state index in [4.69, 9.17) is 0 Å². The van der Waals surface area contributed by atoms with E-state index in [0.29, 0.717) is 11.1 Å². The minimum atomic E-state index is -1.49. The number of carbonyl (C=O) groups is 2. The third kappa shape index (κ3) is 3.31. The van der Waals surface area contributed by atoms with Crippen LogP contribution in [0.25, 0.3) is 10.8 Å². The highest BCUT2D eigenvalue weighted by molar-refractivity contribution is 5.98. The van der Waals surface area contributed by atoms with Crippen LogP contribution < -0.4 is 0 Å². The molecule has 27 heavy (non-hydrogen) atoms. The molecule has 4 heteroatoms. The first-order chi connectivity index (χ1) is 12.7. The molecule has 0 saturated carbocycles. The molecule has 0 aliphatic heterocycles. The van der Waals surface area contributed by atoms with E-state index in [2.05, 4.69) is 0 Å². The monoisotopic (exact) mass is 361 g/mol. The summed E-state index contributed by atoms with van der Waals surface area (Å²) in [6, 6.07) is 18.8. The number of carbonyl (C=O) groups excluding carboxylic acids is 1. The zero-order valence-electron chi connectivity index (χ0n) is 16.0. The Labute approximate surface area is 159 Å². The van der Waals surface area contributed by atoms with E-state index in [0.717, 1.165) is 21.9 Å². The number of rotatable bonds is 4. The van der Waals surface area contributed by atoms with E-state index in [9.17, 15) is 14.7 Å². The van der Waals surface area contributed by atoms with Gasteiger partial charge in [-0.15, -0.1) is 0 Å². The first-order valence-corrected chi connectivity index (χ1v) is 8.82. The summed E-state index contributed by atoms with van der Waals surface area (Å²) in [6.07, 6.45) is 0. The van der Waals surface area contributed by atoms with E-state index in [1.165, 1.54) is 4.90 Å². The number of likely N-dealkylation sites (N-methyl/N-ethyl adjacent to an activating group) is 1. The van der Waals surface area contributed by atoms with Crippen molar-refractivity contribution in [2.45, 2.75) is 26.3 Å². The van der Waals surface area contributed by atoms with Gasteiger partial charge in [0.05, 0.1) is 0 Å². The summed E-state index contributed by atoms with van der Waals surface area (Å²) in [5, 5.41) is 12.0. The van der Waals surface area contributed by atoms with E-state index >= 15 is 0 Å². The Kier molecular flexibility index (Phi) is 4.75. The van der Waals surface area contributed by atoms with Crippen LogP contribution in [0.1, 0.15) is 34.0 Å². The molecule has 3 rings (SSSR count). The van der Waals surface area contributed by atoms with Crippen molar-refractivity contribution < 1.29 is 14.7 Å². The average molecular weight is 361 g/mol. The van der Waals surface area contributed by atoms with Gasteiger partial charge in [-0.1, -0.05) is 53.6 Å². The minimum Gasteiger partial charge on any atom is -0.479 e. The first kappa shape index (κ1) is 18.6. The maximum Gasteiger partial charge on any atom is 0.334 e. The van der Waals surface area contributed by atoms with E-state index in [-0.39, 0.29) is 5.91 Å². The van der Waals surface area contributed by atoms with Crippen LogP contribution in [0.3, 0.4) is 0 Å². The third-order valence-corrected chi connectivity index (χ3v) is 5.17. The summed E-state index contributed by atoms with van der Waals surface area (Å²) < 4.78 is 0. The number of benzene rings is 3. The van der Waals surface area contributed by atoms with Crippen LogP contribution in [0.5, 0.6) is 0 Å². The van der Waals surface area contributed by atoms with Crippen LogP contribution in [0.2, 0.25) is 0 Å². The number of fused-ring (bicyclic) bond motifs is 1. The number of carboxylic acids is 1. The van der Waals surface area contributed by atoms with Gasteiger partial charge in [0.1, 0.15) is 0 Å². The zero-order chi connectivity index (χ0) is 19.8. The van der Waals surface area contributed by atoms with Gasteiger partial charge < -0.3 is 10.0 Å². The molecule has 4 nitrogen and oxygen atoms in total. The van der Waals surface area contributed by atoms with E-state index in [1.807, 2.05) is 56.3 Å². The Hall–Kier alpha value is -3.14. The van der Waals surface area contributed by atoms with Crippen LogP contribution in [-0.4, -0.2) is 28.9 Å². The van der Waals surface area contributed by atoms with Crippen LogP contribution in [0.4, 0.5) is 0 Å². The zero-order valence-corrected chi connectivity index (χ0v) is 16.0. The summed E-state index contributed by atoms with van der Waals surface area (Å²) in [4.78, 5) is 26.7. The predicted molar refractivity (Wildman–Crippen MR) is 107 cm³/mol. The Morgan fingerprint density at radius 1 is 0.889 bits per heavy atom. The van der Waals surface area contributed by atoms with Gasteiger partial charge in [-0.2, -0.15) is 0 Å². The molecule has 0 heterocycles. The molecular weight excluding hydrogens is 338 g/mol. The first-order valence-electron chi connectivity index (χ1n) is 8.82. The molecule has 0 aliphatic carbocycles. The van der Waals surface area contributed by atoms with Gasteiger partial charge in [0.2, 0.25) is 0 Å². The SMILES string of the molecule is Cc1cc(C)cc(C(=O)N(C)[C@@](C)(C(=O)O)c2ccc3ccccc3c2)c1. The van der Waals surface area contributed by atoms with Crippen molar-refractivity contribution in [2.75, 3.05) is 7.05 Å². The molecule has 0 unspecified atom stereocenters. The lowest BCUT2D eigenvalue weighted by molar-refractivity contribution is -0.148. The van der Waals surface area contributed by atoms with Gasteiger partial charge in [-0.3, -0.25) is 4.79 Å². The maximum atomic E-state index is 13.1. The Morgan fingerprint density at radius 3 is 2.07 bits per heavy atom. The van der Waals surface area contributed by atoms with Crippen molar-refractivity contribution in [3.63, 3.8) is 0 Å². The fourth-order valence-corrected chi connectivity index (χ4v) is 3.45. The fraction of sp³-hybridized carbons (Fsp3) is 0.217. The second-order valence-electron chi connectivity index (χ2n) is 7.18. The maximum absolute atomic E-state index is 13.1. The van der Waals surface area contributed by atoms with Crippen molar-refractivity contribution in [1.82, 2.24) is 4.90 Å². The van der Waals surface area contributed by atoms with E-state index in [1.54, 1.807) is 32.2 Å². The van der Waals surface area contributed by atoms with Gasteiger partial charge in [-0.05, 0) is 55.3 Å². The Balaban J connectivity index is 2.09. The number of carboxylic acid groups (broad SMARTS) is 1. The highest BCUT2D eigenvalue weighted by Crippen LogP contribution is 2.31. The van der Waals surface area contributed by atoms with Crippen molar-refractivity contribution in [1.29, 1.82) is 0 Å². The highest BCUT2D eigenvalue weighted by Gasteiger charge is 2.42. The number of hydrogen-bond acceptors (Lipinski definition) is 2. The van der Waals surface area contributed by atoms with Crippen molar-refractivity contribution in [2.24, 2.45) is 0 Å². The predicted octanol–water partition coefficient (Wildman–Crippen LogP) is 4.53. The molecule has 0 aromatic heterocycles. The standard InChI is InChI=1S/C23H23NO3/c1-15-11-16(2)13-19(12-15)21(25)24(4)23(3,22(26)27)20-10-9-17-7-5-6-8-18(17)14-20/h5-14H,1-4H3,(H,26,27)/t23-/m1/s1. The topological polar surface area (TPSA) is 57.6 Å². The second kappa shape index (κ2) is 6.88. The molecule has 0 bridgehead atoms. The van der Waals surface area contributed by atoms with Crippen LogP contribution in [-0.2, 0) is 10.3 Å². The van der Waals surface area contributed by atoms with Gasteiger partial charge in [-0.25, -0.2) is 4.79 Å². The molecule has 1 atom stereocenters. The summed E-state index contributed by atoms with van der Waals surface area (Å²) >= 11 is 0. The molecule has 0 spiro atoms. The highest BCUT2D eigenvalue weighted by atomic mass is 16.4. The van der Waals surface area contributed by atoms with Crippen molar-refractivity contribution in [3.8, 4) is 0 Å². The number of aryl methyl sites for hydroxylation is 2. The fourth-order valence-electron chi connectivity index (χ4n) is 3.45. The van der Waals surface area contributed by atoms with Crippen LogP contribution in [0.15, 0.2) is 60.7 Å². The summed E-state index contributed by atoms with van der Waals surface area (Å²) in [5.74, 6) is -1.39. The van der Waals surface area contributed by atoms with Crippen molar-refractivity contribution in [3.05, 3.63) is 82.9 Å². The Bertz CT molecular complexity index is 1020. The molecule has 1 amide bonds. The smallest absolute Gasteiger partial charge is 0.334 e. The van der Waals surface area contributed by atoms with Crippen molar-refractivity contribution >= 4 is 22.6 Å². The third-order valence-electron chi connectivity index (χ3n) is 5.17. The minimum absolute atomic E-state index is 0.320. The molecular formula is C23H23NO3. The number of amides is 1. The van der Waals surface area contributed by atoms with Gasteiger partial charge in [0.25, 0.3) is 5.91 Å². The number of hydrogen-bond donors (Lipinski definition) is 1. The largest absolute Gasteiger partial charge is 0.479 e. The Morgan fingerprint density at radius 2 is 1.48 bits per heavy atom. The van der Waals surface area contributed by atoms with Crippen LogP contribution in [0, 0.1) is 13.8 Å². The molecule has 0 radical (unpaired) electrons. The number of nitrogens with zero attached hydrogens (tertiary/aromatic N) is 1. The number of aliphatic carboxylic acids is 1. The molecule has 3 aromatic rings. The average Bonchev–Trinajstić information content (AvgIpc) is 2.64. The normalized spacial score (nSPS) is 13.2. The molecule has 3 aromatic carbocycles. The van der Waals surface area contributed by atoms with Gasteiger partial charge >= 0.3 is 5.97 Å². The molecule has 1 N–H and O–H groups in total. The van der Waals surface area contributed by atoms with Crippen LogP contribution >= 0.6 is 0 Å². The lowest BCUT2D eigenvalue weighted by atomic mass is 9.88. The molecule has 0 aliphatic rings. The molecule has 0 fully saturated rings. The summed E-state index contributed by atoms with van der Waals surface area (Å²) in [5.41, 5.74) is 1.50. The van der Waals surface area contributed by atoms with Gasteiger partial charge in [0, 0.05) is 12.6 Å². The summed E-state index contributed by atoms with van der Waals surface area (Å²) in [6.45, 7) is 5.41. The quantitative estimate of drug-likeness (QED) is 0.743. The molecule has 0 saturated heterocycles. The second-order valence-corrected chi connectivity index (χ2v) is 7.18. The lowest BCUT2D eigenvalue weighted by Gasteiger charge is -2.36. The summed E-state index contributed by atoms with van der Waals surface area (Å²) in [7, 11) is 1.54. The lowest BCUT2D eigenvalue weighted by Crippen LogP contribution is -2.50. The molecule has 138 valence electrons. The van der Waals surface area contributed by atoms with Gasteiger partial charge in [0.15, 0.2) is 5.54 Å².